The fourth-order valence-electron chi connectivity index (χ4n) is 2.49. The van der Waals surface area contributed by atoms with Gasteiger partial charge in [0.15, 0.2) is 0 Å². The molecule has 0 aliphatic carbocycles. The second-order valence-electron chi connectivity index (χ2n) is 5.97. The lowest BCUT2D eigenvalue weighted by molar-refractivity contribution is 0.240. The molecule has 0 atom stereocenters. The monoisotopic (exact) mass is 277 g/mol. The SMILES string of the molecule is Cc1cc(C)cc(CN(CCC(N)=NO)CC(C)C)c1. The van der Waals surface area contributed by atoms with Crippen LogP contribution in [0.3, 0.4) is 0 Å². The van der Waals surface area contributed by atoms with Crippen molar-refractivity contribution < 1.29 is 5.21 Å². The summed E-state index contributed by atoms with van der Waals surface area (Å²) in [7, 11) is 0. The highest BCUT2D eigenvalue weighted by Crippen LogP contribution is 2.13. The van der Waals surface area contributed by atoms with Gasteiger partial charge in [-0.2, -0.15) is 0 Å². The summed E-state index contributed by atoms with van der Waals surface area (Å²) < 4.78 is 0. The first-order valence-corrected chi connectivity index (χ1v) is 7.16. The summed E-state index contributed by atoms with van der Waals surface area (Å²) in [4.78, 5) is 2.36. The van der Waals surface area contributed by atoms with Gasteiger partial charge in [0.2, 0.25) is 0 Å². The van der Waals surface area contributed by atoms with Crippen molar-refractivity contribution in [2.24, 2.45) is 16.8 Å². The van der Waals surface area contributed by atoms with E-state index in [1.807, 2.05) is 0 Å². The van der Waals surface area contributed by atoms with Crippen molar-refractivity contribution in [1.29, 1.82) is 0 Å². The number of amidine groups is 1. The van der Waals surface area contributed by atoms with Gasteiger partial charge in [0.1, 0.15) is 5.84 Å². The molecule has 0 fully saturated rings. The van der Waals surface area contributed by atoms with E-state index in [9.17, 15) is 0 Å². The number of aryl methyl sites for hydroxylation is 2. The first-order chi connectivity index (χ1) is 9.40. The summed E-state index contributed by atoms with van der Waals surface area (Å²) in [5, 5.41) is 11.7. The Kier molecular flexibility index (Phi) is 6.52. The quantitative estimate of drug-likeness (QED) is 0.349. The molecular formula is C16H27N3O. The van der Waals surface area contributed by atoms with Crippen LogP contribution in [0.15, 0.2) is 23.4 Å². The van der Waals surface area contributed by atoms with Crippen LogP contribution >= 0.6 is 0 Å². The summed E-state index contributed by atoms with van der Waals surface area (Å²) >= 11 is 0. The van der Waals surface area contributed by atoms with E-state index in [1.54, 1.807) is 0 Å². The Labute approximate surface area is 122 Å². The Morgan fingerprint density at radius 3 is 2.35 bits per heavy atom. The molecular weight excluding hydrogens is 250 g/mol. The fraction of sp³-hybridized carbons (Fsp3) is 0.562. The number of rotatable bonds is 7. The van der Waals surface area contributed by atoms with Crippen molar-refractivity contribution >= 4 is 5.84 Å². The lowest BCUT2D eigenvalue weighted by atomic mass is 10.1. The van der Waals surface area contributed by atoms with Crippen molar-refractivity contribution in [2.75, 3.05) is 13.1 Å². The van der Waals surface area contributed by atoms with Crippen LogP contribution in [0.2, 0.25) is 0 Å². The molecule has 0 saturated heterocycles. The first kappa shape index (κ1) is 16.5. The van der Waals surface area contributed by atoms with Crippen molar-refractivity contribution in [3.63, 3.8) is 0 Å². The van der Waals surface area contributed by atoms with E-state index in [2.05, 4.69) is 55.9 Å². The van der Waals surface area contributed by atoms with Crippen molar-refractivity contribution in [1.82, 2.24) is 4.90 Å². The van der Waals surface area contributed by atoms with E-state index in [4.69, 9.17) is 10.9 Å². The van der Waals surface area contributed by atoms with Crippen LogP contribution in [-0.4, -0.2) is 29.0 Å². The van der Waals surface area contributed by atoms with Crippen LogP contribution in [0, 0.1) is 19.8 Å². The average molecular weight is 277 g/mol. The minimum absolute atomic E-state index is 0.291. The van der Waals surface area contributed by atoms with Crippen molar-refractivity contribution in [3.05, 3.63) is 34.9 Å². The molecule has 20 heavy (non-hydrogen) atoms. The molecule has 0 radical (unpaired) electrons. The van der Waals surface area contributed by atoms with E-state index in [0.717, 1.165) is 19.6 Å². The zero-order chi connectivity index (χ0) is 15.1. The highest BCUT2D eigenvalue weighted by Gasteiger charge is 2.10. The molecule has 0 saturated carbocycles. The number of hydrogen-bond donors (Lipinski definition) is 2. The van der Waals surface area contributed by atoms with Gasteiger partial charge in [0, 0.05) is 26.1 Å². The van der Waals surface area contributed by atoms with Gasteiger partial charge < -0.3 is 10.9 Å². The van der Waals surface area contributed by atoms with Gasteiger partial charge in [-0.05, 0) is 25.3 Å². The zero-order valence-electron chi connectivity index (χ0n) is 13.1. The Morgan fingerprint density at radius 1 is 1.25 bits per heavy atom. The summed E-state index contributed by atoms with van der Waals surface area (Å²) in [6, 6.07) is 6.64. The summed E-state index contributed by atoms with van der Waals surface area (Å²) in [5.41, 5.74) is 9.47. The standard InChI is InChI=1S/C16H27N3O/c1-12(2)10-19(6-5-16(17)18-20)11-15-8-13(3)7-14(4)9-15/h7-9,12,20H,5-6,10-11H2,1-4H3,(H2,17,18). The molecule has 0 aromatic heterocycles. The smallest absolute Gasteiger partial charge is 0.140 e. The maximum atomic E-state index is 8.64. The third kappa shape index (κ3) is 6.06. The molecule has 0 amide bonds. The fourth-order valence-corrected chi connectivity index (χ4v) is 2.49. The third-order valence-corrected chi connectivity index (χ3v) is 3.12. The maximum Gasteiger partial charge on any atom is 0.140 e. The second-order valence-corrected chi connectivity index (χ2v) is 5.97. The molecule has 0 aliphatic heterocycles. The van der Waals surface area contributed by atoms with Crippen molar-refractivity contribution in [3.8, 4) is 0 Å². The summed E-state index contributed by atoms with van der Waals surface area (Å²) in [5.74, 6) is 0.882. The van der Waals surface area contributed by atoms with E-state index >= 15 is 0 Å². The number of nitrogens with zero attached hydrogens (tertiary/aromatic N) is 2. The molecule has 1 rings (SSSR count). The summed E-state index contributed by atoms with van der Waals surface area (Å²) in [6.07, 6.45) is 0.591. The normalized spacial score (nSPS) is 12.4. The molecule has 0 bridgehead atoms. The Morgan fingerprint density at radius 2 is 1.85 bits per heavy atom. The van der Waals surface area contributed by atoms with Crippen LogP contribution in [0.25, 0.3) is 0 Å². The van der Waals surface area contributed by atoms with Crippen LogP contribution in [0.5, 0.6) is 0 Å². The zero-order valence-corrected chi connectivity index (χ0v) is 13.1. The predicted octanol–water partition coefficient (Wildman–Crippen LogP) is 2.90. The highest BCUT2D eigenvalue weighted by molar-refractivity contribution is 5.79. The minimum atomic E-state index is 0.291. The molecule has 4 heteroatoms. The predicted molar refractivity (Wildman–Crippen MR) is 84.1 cm³/mol. The van der Waals surface area contributed by atoms with Gasteiger partial charge in [-0.3, -0.25) is 4.90 Å². The second kappa shape index (κ2) is 7.90. The van der Waals surface area contributed by atoms with Crippen LogP contribution in [0.4, 0.5) is 0 Å². The number of nitrogens with two attached hydrogens (primary N) is 1. The number of hydrogen-bond acceptors (Lipinski definition) is 3. The third-order valence-electron chi connectivity index (χ3n) is 3.12. The Hall–Kier alpha value is -1.55. The largest absolute Gasteiger partial charge is 0.409 e. The average Bonchev–Trinajstić information content (AvgIpc) is 2.33. The van der Waals surface area contributed by atoms with Crippen LogP contribution in [-0.2, 0) is 6.54 Å². The molecule has 0 aliphatic rings. The minimum Gasteiger partial charge on any atom is -0.409 e. The maximum absolute atomic E-state index is 8.64. The van der Waals surface area contributed by atoms with Gasteiger partial charge in [0.25, 0.3) is 0 Å². The Bertz CT molecular complexity index is 435. The van der Waals surface area contributed by atoms with E-state index in [-0.39, 0.29) is 0 Å². The Balaban J connectivity index is 2.72. The van der Waals surface area contributed by atoms with E-state index in [1.165, 1.54) is 16.7 Å². The first-order valence-electron chi connectivity index (χ1n) is 7.16. The summed E-state index contributed by atoms with van der Waals surface area (Å²) in [6.45, 7) is 11.4. The highest BCUT2D eigenvalue weighted by atomic mass is 16.4. The van der Waals surface area contributed by atoms with Crippen molar-refractivity contribution in [2.45, 2.75) is 40.7 Å². The molecule has 1 aromatic carbocycles. The van der Waals surface area contributed by atoms with Crippen LogP contribution in [0.1, 0.15) is 37.0 Å². The molecule has 1 aromatic rings. The lowest BCUT2D eigenvalue weighted by Crippen LogP contribution is -2.31. The molecule has 112 valence electrons. The van der Waals surface area contributed by atoms with Gasteiger partial charge in [-0.25, -0.2) is 0 Å². The van der Waals surface area contributed by atoms with Gasteiger partial charge in [-0.1, -0.05) is 48.3 Å². The van der Waals surface area contributed by atoms with Gasteiger partial charge in [0.05, 0.1) is 0 Å². The number of oxime groups is 1. The topological polar surface area (TPSA) is 61.8 Å². The van der Waals surface area contributed by atoms with Gasteiger partial charge in [-0.15, -0.1) is 0 Å². The van der Waals surface area contributed by atoms with Gasteiger partial charge >= 0.3 is 0 Å². The van der Waals surface area contributed by atoms with E-state index < -0.39 is 0 Å². The number of benzene rings is 1. The molecule has 0 spiro atoms. The van der Waals surface area contributed by atoms with E-state index in [0.29, 0.717) is 18.2 Å². The van der Waals surface area contributed by atoms with Crippen LogP contribution < -0.4 is 5.73 Å². The lowest BCUT2D eigenvalue weighted by Gasteiger charge is -2.24. The molecule has 3 N–H and O–H groups in total. The molecule has 4 nitrogen and oxygen atoms in total. The molecule has 0 heterocycles. The molecule has 0 unspecified atom stereocenters.